The Morgan fingerprint density at radius 3 is 3.22 bits per heavy atom. The second kappa shape index (κ2) is 4.68. The number of fused-ring (bicyclic) bond motifs is 1. The maximum Gasteiger partial charge on any atom is 0.123 e. The summed E-state index contributed by atoms with van der Waals surface area (Å²) in [5.74, 6) is 0.975. The van der Waals surface area contributed by atoms with Crippen molar-refractivity contribution in [3.05, 3.63) is 34.8 Å². The highest BCUT2D eigenvalue weighted by molar-refractivity contribution is 7.13. The zero-order valence-corrected chi connectivity index (χ0v) is 10.6. The van der Waals surface area contributed by atoms with Crippen LogP contribution in [-0.4, -0.2) is 23.3 Å². The van der Waals surface area contributed by atoms with Gasteiger partial charge in [-0.3, -0.25) is 0 Å². The molecule has 3 N–H and O–H groups in total. The van der Waals surface area contributed by atoms with Crippen molar-refractivity contribution in [1.82, 2.24) is 4.98 Å². The zero-order chi connectivity index (χ0) is 12.5. The molecule has 0 radical (unpaired) electrons. The van der Waals surface area contributed by atoms with Crippen LogP contribution in [0.15, 0.2) is 23.6 Å². The van der Waals surface area contributed by atoms with E-state index in [1.807, 2.05) is 17.5 Å². The number of hydrogen-bond acceptors (Lipinski definition) is 5. The molecule has 0 fully saturated rings. The van der Waals surface area contributed by atoms with Gasteiger partial charge < -0.3 is 15.6 Å². The zero-order valence-electron chi connectivity index (χ0n) is 9.80. The summed E-state index contributed by atoms with van der Waals surface area (Å²) in [6.45, 7) is 0.679. The van der Waals surface area contributed by atoms with E-state index in [4.69, 9.17) is 15.6 Å². The summed E-state index contributed by atoms with van der Waals surface area (Å²) in [6.07, 6.45) is 0.956. The van der Waals surface area contributed by atoms with E-state index in [0.717, 1.165) is 35.0 Å². The number of benzene rings is 1. The van der Waals surface area contributed by atoms with Crippen LogP contribution in [0.2, 0.25) is 0 Å². The number of rotatable bonds is 3. The first-order valence-electron chi connectivity index (χ1n) is 5.86. The Balaban J connectivity index is 1.92. The Labute approximate surface area is 109 Å². The summed E-state index contributed by atoms with van der Waals surface area (Å²) in [5.41, 5.74) is 8.81. The second-order valence-electron chi connectivity index (χ2n) is 4.29. The van der Waals surface area contributed by atoms with Gasteiger partial charge in [0.05, 0.1) is 24.9 Å². The van der Waals surface area contributed by atoms with Gasteiger partial charge in [-0.1, -0.05) is 0 Å². The van der Waals surface area contributed by atoms with Crippen molar-refractivity contribution >= 4 is 11.3 Å². The molecule has 1 aliphatic heterocycles. The number of ether oxygens (including phenoxy) is 1. The van der Waals surface area contributed by atoms with Crippen molar-refractivity contribution in [3.63, 3.8) is 0 Å². The molecule has 0 saturated heterocycles. The summed E-state index contributed by atoms with van der Waals surface area (Å²) in [6, 6.07) is 5.73. The molecule has 2 aromatic rings. The first-order valence-corrected chi connectivity index (χ1v) is 6.74. The van der Waals surface area contributed by atoms with Crippen LogP contribution in [0.4, 0.5) is 0 Å². The van der Waals surface area contributed by atoms with Crippen molar-refractivity contribution in [3.8, 4) is 16.3 Å². The number of nitrogens with two attached hydrogens (primary N) is 1. The average Bonchev–Trinajstić information content (AvgIpc) is 3.05. The fourth-order valence-electron chi connectivity index (χ4n) is 2.00. The summed E-state index contributed by atoms with van der Waals surface area (Å²) in [7, 11) is 0. The van der Waals surface area contributed by atoms with Gasteiger partial charge in [0.15, 0.2) is 0 Å². The van der Waals surface area contributed by atoms with E-state index in [9.17, 15) is 0 Å². The van der Waals surface area contributed by atoms with Gasteiger partial charge in [-0.15, -0.1) is 11.3 Å². The van der Waals surface area contributed by atoms with E-state index in [0.29, 0.717) is 0 Å². The molecule has 3 rings (SSSR count). The highest BCUT2D eigenvalue weighted by Crippen LogP contribution is 2.32. The van der Waals surface area contributed by atoms with Crippen molar-refractivity contribution < 1.29 is 9.84 Å². The Hall–Kier alpha value is -1.43. The smallest absolute Gasteiger partial charge is 0.123 e. The number of aliphatic hydroxyl groups excluding tert-OH is 1. The molecule has 1 aromatic carbocycles. The molecule has 0 aliphatic carbocycles. The van der Waals surface area contributed by atoms with Crippen LogP contribution < -0.4 is 10.5 Å². The van der Waals surface area contributed by atoms with Gasteiger partial charge in [0, 0.05) is 17.4 Å². The highest BCUT2D eigenvalue weighted by atomic mass is 32.1. The van der Waals surface area contributed by atoms with Gasteiger partial charge >= 0.3 is 0 Å². The highest BCUT2D eigenvalue weighted by Gasteiger charge is 2.15. The molecular weight excluding hydrogens is 248 g/mol. The minimum atomic E-state index is -0.396. The fourth-order valence-corrected chi connectivity index (χ4v) is 2.88. The molecule has 0 saturated carbocycles. The maximum atomic E-state index is 9.02. The Morgan fingerprint density at radius 1 is 1.50 bits per heavy atom. The van der Waals surface area contributed by atoms with E-state index in [1.165, 1.54) is 5.56 Å². The van der Waals surface area contributed by atoms with Gasteiger partial charge in [-0.2, -0.15) is 0 Å². The second-order valence-corrected chi connectivity index (χ2v) is 5.15. The van der Waals surface area contributed by atoms with Crippen LogP contribution >= 0.6 is 11.3 Å². The molecule has 94 valence electrons. The van der Waals surface area contributed by atoms with Gasteiger partial charge in [-0.05, 0) is 23.8 Å². The number of nitrogens with zero attached hydrogens (tertiary/aromatic N) is 1. The molecule has 5 heteroatoms. The van der Waals surface area contributed by atoms with Crippen molar-refractivity contribution in [2.24, 2.45) is 5.73 Å². The van der Waals surface area contributed by atoms with E-state index in [-0.39, 0.29) is 6.61 Å². The Kier molecular flexibility index (Phi) is 3.03. The van der Waals surface area contributed by atoms with Crippen LogP contribution in [0.5, 0.6) is 5.75 Å². The van der Waals surface area contributed by atoms with Crippen LogP contribution in [0.25, 0.3) is 10.6 Å². The number of thiazole rings is 1. The van der Waals surface area contributed by atoms with E-state index in [1.54, 1.807) is 11.3 Å². The molecule has 4 nitrogen and oxygen atoms in total. The van der Waals surface area contributed by atoms with Crippen LogP contribution in [0, 0.1) is 0 Å². The van der Waals surface area contributed by atoms with Gasteiger partial charge in [-0.25, -0.2) is 4.98 Å². The molecule has 18 heavy (non-hydrogen) atoms. The minimum Gasteiger partial charge on any atom is -0.493 e. The van der Waals surface area contributed by atoms with Gasteiger partial charge in [0.1, 0.15) is 10.8 Å². The normalized spacial score (nSPS) is 15.2. The van der Waals surface area contributed by atoms with E-state index in [2.05, 4.69) is 11.1 Å². The molecule has 1 unspecified atom stereocenters. The molecular formula is C13H14N2O2S. The molecule has 2 heterocycles. The lowest BCUT2D eigenvalue weighted by molar-refractivity contribution is 0.266. The quantitative estimate of drug-likeness (QED) is 0.884. The third kappa shape index (κ3) is 2.01. The summed E-state index contributed by atoms with van der Waals surface area (Å²) >= 11 is 1.55. The van der Waals surface area contributed by atoms with Gasteiger partial charge in [0.25, 0.3) is 0 Å². The van der Waals surface area contributed by atoms with E-state index >= 15 is 0 Å². The lowest BCUT2D eigenvalue weighted by atomic mass is 10.1. The average molecular weight is 262 g/mol. The topological polar surface area (TPSA) is 68.4 Å². The van der Waals surface area contributed by atoms with Crippen molar-refractivity contribution in [2.45, 2.75) is 12.5 Å². The van der Waals surface area contributed by atoms with E-state index < -0.39 is 6.04 Å². The molecule has 0 spiro atoms. The summed E-state index contributed by atoms with van der Waals surface area (Å²) in [5, 5.41) is 11.9. The largest absolute Gasteiger partial charge is 0.493 e. The third-order valence-electron chi connectivity index (χ3n) is 3.03. The molecule has 1 aromatic heterocycles. The first kappa shape index (κ1) is 11.6. The molecule has 1 atom stereocenters. The van der Waals surface area contributed by atoms with Crippen LogP contribution in [-0.2, 0) is 6.42 Å². The minimum absolute atomic E-state index is 0.0821. The van der Waals surface area contributed by atoms with Crippen LogP contribution in [0.3, 0.4) is 0 Å². The van der Waals surface area contributed by atoms with Crippen molar-refractivity contribution in [1.29, 1.82) is 0 Å². The number of aromatic nitrogens is 1. The summed E-state index contributed by atoms with van der Waals surface area (Å²) < 4.78 is 5.48. The summed E-state index contributed by atoms with van der Waals surface area (Å²) in [4.78, 5) is 4.47. The number of aliphatic hydroxyl groups is 1. The Morgan fingerprint density at radius 2 is 2.39 bits per heavy atom. The number of hydrogen-bond donors (Lipinski definition) is 2. The predicted molar refractivity (Wildman–Crippen MR) is 70.8 cm³/mol. The Bertz CT molecular complexity index is 568. The third-order valence-corrected chi connectivity index (χ3v) is 3.94. The SMILES string of the molecule is NC(CO)c1csc(-c2ccc3c(c2)CCO3)n1. The molecule has 0 amide bonds. The van der Waals surface area contributed by atoms with Crippen LogP contribution in [0.1, 0.15) is 17.3 Å². The maximum absolute atomic E-state index is 9.02. The lowest BCUT2D eigenvalue weighted by Gasteiger charge is -2.03. The standard InChI is InChI=1S/C13H14N2O2S/c14-10(6-16)11-7-18-13(15-11)9-1-2-12-8(5-9)3-4-17-12/h1-2,5,7,10,16H,3-4,6,14H2. The van der Waals surface area contributed by atoms with Crippen molar-refractivity contribution in [2.75, 3.05) is 13.2 Å². The predicted octanol–water partition coefficient (Wildman–Crippen LogP) is 1.74. The molecule has 0 bridgehead atoms. The van der Waals surface area contributed by atoms with Gasteiger partial charge in [0.2, 0.25) is 0 Å². The monoisotopic (exact) mass is 262 g/mol. The molecule has 1 aliphatic rings. The fraction of sp³-hybridized carbons (Fsp3) is 0.308. The lowest BCUT2D eigenvalue weighted by Crippen LogP contribution is -2.14. The first-order chi connectivity index (χ1) is 8.78.